The van der Waals surface area contributed by atoms with Gasteiger partial charge in [-0.05, 0) is 49.1 Å². The summed E-state index contributed by atoms with van der Waals surface area (Å²) >= 11 is 1.99. The topological polar surface area (TPSA) is 26.0 Å². The molecule has 2 rings (SSSR count). The number of aryl methyl sites for hydroxylation is 1. The molecule has 1 nitrogen and oxygen atoms in total. The molecule has 0 amide bonds. The van der Waals surface area contributed by atoms with Crippen molar-refractivity contribution < 1.29 is 0 Å². The van der Waals surface area contributed by atoms with E-state index in [1.54, 1.807) is 0 Å². The van der Waals surface area contributed by atoms with E-state index in [4.69, 9.17) is 5.73 Å². The van der Waals surface area contributed by atoms with E-state index >= 15 is 0 Å². The van der Waals surface area contributed by atoms with E-state index in [0.29, 0.717) is 11.8 Å². The summed E-state index contributed by atoms with van der Waals surface area (Å²) in [6.07, 6.45) is 1.28. The van der Waals surface area contributed by atoms with E-state index in [-0.39, 0.29) is 0 Å². The van der Waals surface area contributed by atoms with Crippen molar-refractivity contribution in [3.63, 3.8) is 0 Å². The lowest BCUT2D eigenvalue weighted by molar-refractivity contribution is 0.450. The molecule has 0 spiro atoms. The maximum Gasteiger partial charge on any atom is 0.0110 e. The molecule has 2 atom stereocenters. The number of fused-ring (bicyclic) bond motifs is 1. The first-order valence-electron chi connectivity index (χ1n) is 5.65. The molecule has 82 valence electrons. The molecule has 0 saturated carbocycles. The molecule has 1 aliphatic heterocycles. The second-order valence-corrected chi connectivity index (χ2v) is 5.63. The minimum Gasteiger partial charge on any atom is -0.330 e. The lowest BCUT2D eigenvalue weighted by atomic mass is 9.84. The first-order valence-corrected chi connectivity index (χ1v) is 6.64. The molecular formula is C13H19NS. The van der Waals surface area contributed by atoms with E-state index in [1.807, 2.05) is 11.8 Å². The van der Waals surface area contributed by atoms with Crippen LogP contribution < -0.4 is 5.73 Å². The highest BCUT2D eigenvalue weighted by atomic mass is 32.2. The molecule has 0 radical (unpaired) electrons. The third-order valence-corrected chi connectivity index (χ3v) is 4.42. The van der Waals surface area contributed by atoms with Crippen molar-refractivity contribution in [2.24, 2.45) is 11.7 Å². The summed E-state index contributed by atoms with van der Waals surface area (Å²) in [6, 6.07) is 6.84. The molecule has 0 fully saturated rings. The number of hydrogen-bond acceptors (Lipinski definition) is 2. The number of rotatable bonds is 2. The summed E-state index contributed by atoms with van der Waals surface area (Å²) in [5.41, 5.74) is 8.67. The molecule has 0 saturated heterocycles. The van der Waals surface area contributed by atoms with Crippen molar-refractivity contribution in [1.82, 2.24) is 0 Å². The average molecular weight is 221 g/mol. The van der Waals surface area contributed by atoms with E-state index < -0.39 is 0 Å². The largest absolute Gasteiger partial charge is 0.330 e. The van der Waals surface area contributed by atoms with Crippen LogP contribution in [0.15, 0.2) is 23.1 Å². The van der Waals surface area contributed by atoms with Gasteiger partial charge < -0.3 is 5.73 Å². The fourth-order valence-corrected chi connectivity index (χ4v) is 3.53. The van der Waals surface area contributed by atoms with Gasteiger partial charge >= 0.3 is 0 Å². The van der Waals surface area contributed by atoms with Crippen LogP contribution in [0.3, 0.4) is 0 Å². The Morgan fingerprint density at radius 2 is 2.33 bits per heavy atom. The smallest absolute Gasteiger partial charge is 0.0110 e. The number of benzene rings is 1. The van der Waals surface area contributed by atoms with Crippen LogP contribution in [0.5, 0.6) is 0 Å². The van der Waals surface area contributed by atoms with Gasteiger partial charge in [0, 0.05) is 4.90 Å². The summed E-state index contributed by atoms with van der Waals surface area (Å²) in [7, 11) is 0. The van der Waals surface area contributed by atoms with Crippen molar-refractivity contribution in [1.29, 1.82) is 0 Å². The predicted molar refractivity (Wildman–Crippen MR) is 67.5 cm³/mol. The van der Waals surface area contributed by atoms with Crippen LogP contribution >= 0.6 is 11.8 Å². The van der Waals surface area contributed by atoms with Crippen LogP contribution in [0.1, 0.15) is 30.4 Å². The fraction of sp³-hybridized carbons (Fsp3) is 0.538. The quantitative estimate of drug-likeness (QED) is 0.830. The second kappa shape index (κ2) is 4.58. The highest BCUT2D eigenvalue weighted by molar-refractivity contribution is 7.99. The molecule has 0 aromatic heterocycles. The molecule has 2 N–H and O–H groups in total. The Bertz CT molecular complexity index is 348. The summed E-state index contributed by atoms with van der Waals surface area (Å²) < 4.78 is 0. The molecule has 15 heavy (non-hydrogen) atoms. The zero-order valence-electron chi connectivity index (χ0n) is 9.49. The van der Waals surface area contributed by atoms with Gasteiger partial charge in [0.05, 0.1) is 0 Å². The molecule has 0 bridgehead atoms. The molecule has 1 aliphatic rings. The normalized spacial score (nSPS) is 22.2. The Hall–Kier alpha value is -0.470. The second-order valence-electron chi connectivity index (χ2n) is 4.50. The van der Waals surface area contributed by atoms with Crippen LogP contribution in [0.25, 0.3) is 0 Å². The first kappa shape index (κ1) is 11.0. The Kier molecular flexibility index (Phi) is 3.37. The van der Waals surface area contributed by atoms with E-state index in [0.717, 1.165) is 6.54 Å². The van der Waals surface area contributed by atoms with Crippen molar-refractivity contribution in [2.75, 3.05) is 12.3 Å². The molecule has 2 unspecified atom stereocenters. The molecule has 2 heteroatoms. The fourth-order valence-electron chi connectivity index (χ4n) is 2.28. The summed E-state index contributed by atoms with van der Waals surface area (Å²) in [6.45, 7) is 5.23. The summed E-state index contributed by atoms with van der Waals surface area (Å²) in [5.74, 6) is 2.52. The zero-order chi connectivity index (χ0) is 10.8. The molecule has 1 aromatic carbocycles. The maximum absolute atomic E-state index is 5.78. The van der Waals surface area contributed by atoms with Gasteiger partial charge in [-0.25, -0.2) is 0 Å². The van der Waals surface area contributed by atoms with Crippen LogP contribution in [-0.4, -0.2) is 12.3 Å². The SMILES string of the molecule is Cc1ccc2c(c1)SCCC2C(C)CN. The highest BCUT2D eigenvalue weighted by Gasteiger charge is 2.24. The predicted octanol–water partition coefficient (Wildman–Crippen LogP) is 3.17. The average Bonchev–Trinajstić information content (AvgIpc) is 2.26. The number of thioether (sulfide) groups is 1. The minimum absolute atomic E-state index is 0.604. The Morgan fingerprint density at radius 1 is 1.53 bits per heavy atom. The number of nitrogens with two attached hydrogens (primary N) is 1. The van der Waals surface area contributed by atoms with Crippen LogP contribution in [-0.2, 0) is 0 Å². The van der Waals surface area contributed by atoms with Gasteiger partial charge in [0.2, 0.25) is 0 Å². The molecule has 1 heterocycles. The van der Waals surface area contributed by atoms with Gasteiger partial charge in [-0.15, -0.1) is 11.8 Å². The third kappa shape index (κ3) is 2.21. The van der Waals surface area contributed by atoms with Gasteiger partial charge in [-0.2, -0.15) is 0 Å². The van der Waals surface area contributed by atoms with Gasteiger partial charge in [-0.1, -0.05) is 24.6 Å². The summed E-state index contributed by atoms with van der Waals surface area (Å²) in [5, 5.41) is 0. The van der Waals surface area contributed by atoms with Crippen molar-refractivity contribution in [3.8, 4) is 0 Å². The van der Waals surface area contributed by atoms with Crippen LogP contribution in [0.4, 0.5) is 0 Å². The minimum atomic E-state index is 0.604. The third-order valence-electron chi connectivity index (χ3n) is 3.31. The molecular weight excluding hydrogens is 202 g/mol. The highest BCUT2D eigenvalue weighted by Crippen LogP contribution is 2.41. The Morgan fingerprint density at radius 3 is 3.07 bits per heavy atom. The Labute approximate surface area is 96.4 Å². The molecule has 0 aliphatic carbocycles. The van der Waals surface area contributed by atoms with Gasteiger partial charge in [-0.3, -0.25) is 0 Å². The maximum atomic E-state index is 5.78. The van der Waals surface area contributed by atoms with Crippen molar-refractivity contribution in [2.45, 2.75) is 31.1 Å². The first-order chi connectivity index (χ1) is 7.22. The van der Waals surface area contributed by atoms with Gasteiger partial charge in [0.25, 0.3) is 0 Å². The van der Waals surface area contributed by atoms with Gasteiger partial charge in [0.15, 0.2) is 0 Å². The monoisotopic (exact) mass is 221 g/mol. The van der Waals surface area contributed by atoms with Crippen LogP contribution in [0.2, 0.25) is 0 Å². The van der Waals surface area contributed by atoms with E-state index in [9.17, 15) is 0 Å². The number of hydrogen-bond donors (Lipinski definition) is 1. The van der Waals surface area contributed by atoms with Crippen molar-refractivity contribution in [3.05, 3.63) is 29.3 Å². The molecule has 1 aromatic rings. The lowest BCUT2D eigenvalue weighted by Gasteiger charge is -2.29. The zero-order valence-corrected chi connectivity index (χ0v) is 10.3. The van der Waals surface area contributed by atoms with Crippen LogP contribution in [0, 0.1) is 12.8 Å². The lowest BCUT2D eigenvalue weighted by Crippen LogP contribution is -2.22. The van der Waals surface area contributed by atoms with Gasteiger partial charge in [0.1, 0.15) is 0 Å². The Balaban J connectivity index is 2.34. The van der Waals surface area contributed by atoms with E-state index in [2.05, 4.69) is 32.0 Å². The van der Waals surface area contributed by atoms with Crippen molar-refractivity contribution >= 4 is 11.8 Å². The summed E-state index contributed by atoms with van der Waals surface area (Å²) in [4.78, 5) is 1.48. The van der Waals surface area contributed by atoms with E-state index in [1.165, 1.54) is 28.2 Å². The standard InChI is InChI=1S/C13H19NS/c1-9-3-4-12-11(10(2)8-14)5-6-15-13(12)7-9/h3-4,7,10-11H,5-6,8,14H2,1-2H3.